The van der Waals surface area contributed by atoms with Gasteiger partial charge in [-0.25, -0.2) is 9.59 Å². The number of aliphatic carboxylic acids is 1. The molecule has 28 nitrogen and oxygen atoms in total. The average molecular weight is 1180 g/mol. The Morgan fingerprint density at radius 3 is 1.44 bits per heavy atom. The van der Waals surface area contributed by atoms with Crippen molar-refractivity contribution >= 4 is 23.9 Å². The van der Waals surface area contributed by atoms with Crippen LogP contribution in [0.2, 0.25) is 0 Å². The highest BCUT2D eigenvalue weighted by atomic mass is 16.7. The van der Waals surface area contributed by atoms with E-state index in [0.29, 0.717) is 44.9 Å². The number of aliphatic hydroxyl groups is 15. The summed E-state index contributed by atoms with van der Waals surface area (Å²) < 4.78 is 57.0. The number of carbonyl (C=O) groups is 4. The largest absolute Gasteiger partial charge is 0.481 e. The van der Waals surface area contributed by atoms with Crippen LogP contribution in [0.1, 0.15) is 96.3 Å². The number of rotatable bonds is 19. The lowest BCUT2D eigenvalue weighted by Gasteiger charge is -2.50. The van der Waals surface area contributed by atoms with E-state index < -0.39 is 203 Å². The number of carbonyl (C=O) groups excluding carboxylic acids is 3. The summed E-state index contributed by atoms with van der Waals surface area (Å²) in [6, 6.07) is 0. The van der Waals surface area contributed by atoms with E-state index in [1.807, 2.05) is 0 Å². The molecule has 15 N–H and O–H groups in total. The van der Waals surface area contributed by atoms with Crippen LogP contribution in [0, 0.1) is 23.7 Å². The normalized spacial score (nSPS) is 45.7. The van der Waals surface area contributed by atoms with Gasteiger partial charge in [0.25, 0.3) is 0 Å². The fourth-order valence-corrected chi connectivity index (χ4v) is 12.6. The predicted octanol–water partition coefficient (Wildman–Crippen LogP) is -4.52. The van der Waals surface area contributed by atoms with Crippen molar-refractivity contribution < 1.29 is 138 Å². The van der Waals surface area contributed by atoms with Gasteiger partial charge >= 0.3 is 23.9 Å². The Morgan fingerprint density at radius 2 is 0.939 bits per heavy atom. The van der Waals surface area contributed by atoms with Crippen molar-refractivity contribution in [1.82, 2.24) is 0 Å². The fraction of sp³-hybridized carbons (Fsp3) is 0.852. The van der Waals surface area contributed by atoms with Gasteiger partial charge in [0.15, 0.2) is 31.1 Å². The Hall–Kier alpha value is -3.44. The third-order valence-corrected chi connectivity index (χ3v) is 17.4. The monoisotopic (exact) mass is 1180 g/mol. The lowest BCUT2D eigenvalue weighted by atomic mass is 9.72. The van der Waals surface area contributed by atoms with Gasteiger partial charge in [-0.05, 0) is 88.9 Å². The summed E-state index contributed by atoms with van der Waals surface area (Å²) >= 11 is 0. The van der Waals surface area contributed by atoms with Crippen molar-refractivity contribution in [3.8, 4) is 0 Å². The molecule has 8 aliphatic rings. The molecule has 0 spiro atoms. The van der Waals surface area contributed by atoms with E-state index in [2.05, 4.69) is 0 Å². The summed E-state index contributed by atoms with van der Waals surface area (Å²) in [7, 11) is 0. The molecule has 0 aromatic heterocycles. The number of ether oxygens (including phenoxy) is 10. The van der Waals surface area contributed by atoms with Crippen LogP contribution >= 0.6 is 0 Å². The Kier molecular flexibility index (Phi) is 23.1. The van der Waals surface area contributed by atoms with E-state index in [4.69, 9.17) is 52.5 Å². The molecule has 0 radical (unpaired) electrons. The van der Waals surface area contributed by atoms with E-state index in [1.165, 1.54) is 12.2 Å². The van der Waals surface area contributed by atoms with Crippen molar-refractivity contribution in [2.45, 2.75) is 243 Å². The standard InChI is InChI=1S/C54H82O28/c55-26-8-1-23(2-9-26)5-13-39(61)73-20-35-42(64)45(67)48(70)52(80-35)76-28-10-3-24(4-11-28)6-14-40(62)74-21-36-43(65)47(69)50(72)54(82-36)79-34-18-29-32(77-51(34)25-7-12-30(57)31(58)15-25)16-27(56)17-33(29)78-53-49(71)46(68)44(66)37(81-53)22-75-41(63)19-38(59)60/h5-6,13-14,23-37,42-58,64-72H,1-4,7-12,15-22H2,(H,59,60)/p+1. The number of allylic oxidation sites excluding steroid dienone is 2. The first kappa shape index (κ1) is 64.6. The number of hydrogen-bond acceptors (Lipinski definition) is 26. The summed E-state index contributed by atoms with van der Waals surface area (Å²) in [5.41, 5.74) is 0. The molecule has 0 bridgehead atoms. The van der Waals surface area contributed by atoms with Crippen LogP contribution < -0.4 is 0 Å². The van der Waals surface area contributed by atoms with Crippen LogP contribution in [-0.4, -0.2) is 267 Å². The zero-order valence-corrected chi connectivity index (χ0v) is 45.2. The number of carboxylic acid groups (broad SMARTS) is 1. The lowest BCUT2D eigenvalue weighted by Crippen LogP contribution is -2.64. The van der Waals surface area contributed by atoms with Crippen molar-refractivity contribution in [2.24, 2.45) is 23.7 Å². The van der Waals surface area contributed by atoms with Crippen molar-refractivity contribution in [1.29, 1.82) is 0 Å². The van der Waals surface area contributed by atoms with E-state index in [1.54, 1.807) is 12.2 Å². The summed E-state index contributed by atoms with van der Waals surface area (Å²) in [6.07, 6.45) is -21.6. The van der Waals surface area contributed by atoms with E-state index in [9.17, 15) is 85.6 Å². The predicted molar refractivity (Wildman–Crippen MR) is 270 cm³/mol. The van der Waals surface area contributed by atoms with Crippen molar-refractivity contribution in [3.63, 3.8) is 0 Å². The minimum atomic E-state index is -1.88. The molecule has 24 atom stereocenters. The quantitative estimate of drug-likeness (QED) is 0.0191. The highest BCUT2D eigenvalue weighted by Crippen LogP contribution is 2.44. The molecule has 82 heavy (non-hydrogen) atoms. The molecule has 28 heteroatoms. The van der Waals surface area contributed by atoms with Crippen LogP contribution in [0.4, 0.5) is 0 Å². The Labute approximate surface area is 472 Å². The third-order valence-electron chi connectivity index (χ3n) is 17.4. The average Bonchev–Trinajstić information content (AvgIpc) is 3.64. The van der Waals surface area contributed by atoms with Crippen LogP contribution in [0.5, 0.6) is 0 Å². The van der Waals surface area contributed by atoms with E-state index >= 15 is 0 Å². The maximum Gasteiger partial charge on any atom is 0.330 e. The number of esters is 3. The molecule has 8 fully saturated rings. The first-order valence-electron chi connectivity index (χ1n) is 28.6. The maximum atomic E-state index is 13.1. The van der Waals surface area contributed by atoms with Crippen LogP contribution in [0.15, 0.2) is 24.3 Å². The first-order valence-corrected chi connectivity index (χ1v) is 28.6. The zero-order valence-electron chi connectivity index (χ0n) is 45.2. The van der Waals surface area contributed by atoms with Crippen LogP contribution in [0.3, 0.4) is 0 Å². The number of hydrogen-bond donors (Lipinski definition) is 14. The third kappa shape index (κ3) is 16.5. The van der Waals surface area contributed by atoms with Gasteiger partial charge in [-0.1, -0.05) is 12.2 Å². The van der Waals surface area contributed by atoms with Crippen molar-refractivity contribution in [3.05, 3.63) is 24.3 Å². The van der Waals surface area contributed by atoms with Gasteiger partial charge in [-0.3, -0.25) is 9.59 Å². The second-order valence-corrected chi connectivity index (χ2v) is 23.3. The number of fused-ring (bicyclic) bond motifs is 1. The number of carboxylic acids is 1. The molecule has 4 saturated heterocycles. The molecule has 0 amide bonds. The second-order valence-electron chi connectivity index (χ2n) is 23.3. The van der Waals surface area contributed by atoms with Gasteiger partial charge in [0, 0.05) is 30.9 Å². The molecular weight excluding hydrogens is 1100 g/mol. The Morgan fingerprint density at radius 1 is 0.463 bits per heavy atom. The Bertz CT molecular complexity index is 2140. The molecule has 4 heterocycles. The molecule has 0 aromatic rings. The molecule has 466 valence electrons. The van der Waals surface area contributed by atoms with E-state index in [-0.39, 0.29) is 50.0 Å². The molecule has 4 saturated carbocycles. The van der Waals surface area contributed by atoms with Gasteiger partial charge in [-0.15, -0.1) is 0 Å². The summed E-state index contributed by atoms with van der Waals surface area (Å²) in [4.78, 5) is 48.5. The smallest absolute Gasteiger partial charge is 0.330 e. The lowest BCUT2D eigenvalue weighted by molar-refractivity contribution is -0.367. The highest BCUT2D eigenvalue weighted by molar-refractivity contribution is 5.90. The minimum Gasteiger partial charge on any atom is -0.481 e. The van der Waals surface area contributed by atoms with Gasteiger partial charge in [0.2, 0.25) is 0 Å². The van der Waals surface area contributed by atoms with Crippen LogP contribution in [0.25, 0.3) is 0 Å². The molecular formula is C54H83O28+. The first-order chi connectivity index (χ1) is 39.0. The highest BCUT2D eigenvalue weighted by Gasteiger charge is 2.57. The maximum absolute atomic E-state index is 13.1. The van der Waals surface area contributed by atoms with E-state index in [0.717, 1.165) is 12.8 Å². The molecule has 24 unspecified atom stereocenters. The van der Waals surface area contributed by atoms with Gasteiger partial charge in [-0.2, -0.15) is 0 Å². The van der Waals surface area contributed by atoms with Crippen molar-refractivity contribution in [2.75, 3.05) is 19.8 Å². The SMILES string of the molecule is O=C(O)CC(=O)OCC1OC(OC2CC(O)CC3[OH+]C(C4CCC(O)C(O)C4)C(OC4OC(COC(=O)C=CC5CCC(OC6OC(COC(=O)C=CC7CCC(O)CC7)C(O)C(O)C6O)CC5)C(O)C(O)C4O)CC23)C(O)C(O)C1O. The van der Waals surface area contributed by atoms with Gasteiger partial charge in [0.05, 0.1) is 42.5 Å². The summed E-state index contributed by atoms with van der Waals surface area (Å²) in [5, 5.41) is 149. The fourth-order valence-electron chi connectivity index (χ4n) is 12.6. The molecule has 4 aliphatic carbocycles. The Balaban J connectivity index is 0.841. The number of aliphatic hydroxyl groups excluding tert-OH is 13. The summed E-state index contributed by atoms with van der Waals surface area (Å²) in [6.45, 7) is -1.73. The zero-order chi connectivity index (χ0) is 59.1. The second kappa shape index (κ2) is 29.3. The minimum absolute atomic E-state index is 0.0487. The van der Waals surface area contributed by atoms with Crippen LogP contribution in [-0.2, 0) is 61.8 Å². The van der Waals surface area contributed by atoms with Gasteiger partial charge in [0.1, 0.15) is 106 Å². The topological polar surface area (TPSA) is 447 Å². The molecule has 8 rings (SSSR count). The van der Waals surface area contributed by atoms with Gasteiger partial charge < -0.3 is 119 Å². The molecule has 4 aliphatic heterocycles. The molecule has 0 aromatic carbocycles. The summed E-state index contributed by atoms with van der Waals surface area (Å²) in [5.74, 6) is -5.18.